The summed E-state index contributed by atoms with van der Waals surface area (Å²) >= 11 is 0. The van der Waals surface area contributed by atoms with Gasteiger partial charge in [-0.2, -0.15) is 13.8 Å². The fraction of sp³-hybridized carbons (Fsp3) is 0.556. The maximum atomic E-state index is 12.5. The molecule has 2 N–H and O–H groups in total. The molecule has 27 heavy (non-hydrogen) atoms. The number of rotatable bonds is 7. The predicted octanol–water partition coefficient (Wildman–Crippen LogP) is 3.34. The van der Waals surface area contributed by atoms with Crippen LogP contribution in [-0.2, 0) is 10.3 Å². The normalized spacial score (nSPS) is 23.9. The molecule has 0 amide bonds. The first-order chi connectivity index (χ1) is 12.7. The van der Waals surface area contributed by atoms with Crippen molar-refractivity contribution in [1.29, 1.82) is 0 Å². The smallest absolute Gasteiger partial charge is 0.387 e. The lowest BCUT2D eigenvalue weighted by molar-refractivity contribution is -0.162. The van der Waals surface area contributed by atoms with Crippen LogP contribution in [0.4, 0.5) is 8.78 Å². The fourth-order valence-electron chi connectivity index (χ4n) is 3.32. The Hall–Kier alpha value is -2.26. The Balaban J connectivity index is 1.86. The van der Waals surface area contributed by atoms with Crippen molar-refractivity contribution < 1.29 is 27.5 Å². The van der Waals surface area contributed by atoms with Gasteiger partial charge in [0.2, 0.25) is 11.7 Å². The van der Waals surface area contributed by atoms with Crippen molar-refractivity contribution in [3.63, 3.8) is 0 Å². The van der Waals surface area contributed by atoms with Gasteiger partial charge in [-0.1, -0.05) is 19.0 Å². The van der Waals surface area contributed by atoms with E-state index in [-0.39, 0.29) is 28.8 Å². The van der Waals surface area contributed by atoms with Crippen LogP contribution in [0.3, 0.4) is 0 Å². The quantitative estimate of drug-likeness (QED) is 0.784. The third-order valence-electron chi connectivity index (χ3n) is 5.28. The number of benzene rings is 1. The summed E-state index contributed by atoms with van der Waals surface area (Å²) in [6, 6.07) is 4.42. The molecular weight excluding hydrogens is 360 g/mol. The number of hydrogen-bond donors (Lipinski definition) is 1. The maximum Gasteiger partial charge on any atom is 0.387 e. The van der Waals surface area contributed by atoms with E-state index in [0.29, 0.717) is 24.5 Å². The topological polar surface area (TPSA) is 92.6 Å². The van der Waals surface area contributed by atoms with Crippen LogP contribution in [0, 0.1) is 5.41 Å². The first-order valence-corrected chi connectivity index (χ1v) is 8.60. The molecule has 2 atom stereocenters. The first kappa shape index (κ1) is 19.5. The number of methoxy groups -OCH3 is 1. The lowest BCUT2D eigenvalue weighted by Gasteiger charge is -2.56. The van der Waals surface area contributed by atoms with Crippen LogP contribution in [0.5, 0.6) is 11.5 Å². The summed E-state index contributed by atoms with van der Waals surface area (Å²) in [5, 5.41) is 3.99. The zero-order chi connectivity index (χ0) is 19.8. The molecule has 1 saturated carbocycles. The summed E-state index contributed by atoms with van der Waals surface area (Å²) in [6.07, 6.45) is 0.577. The minimum Gasteiger partial charge on any atom is -0.493 e. The van der Waals surface area contributed by atoms with Crippen molar-refractivity contribution in [1.82, 2.24) is 10.1 Å². The summed E-state index contributed by atoms with van der Waals surface area (Å²) in [5.74, 6) is 0.662. The molecule has 1 heterocycles. The summed E-state index contributed by atoms with van der Waals surface area (Å²) in [4.78, 5) is 4.43. The zero-order valence-corrected chi connectivity index (χ0v) is 15.7. The second-order valence-electron chi connectivity index (χ2n) is 7.01. The summed E-state index contributed by atoms with van der Waals surface area (Å²) in [5.41, 5.74) is 5.90. The highest BCUT2D eigenvalue weighted by Crippen LogP contribution is 2.55. The van der Waals surface area contributed by atoms with E-state index in [2.05, 4.69) is 14.9 Å². The van der Waals surface area contributed by atoms with E-state index in [1.54, 1.807) is 6.07 Å². The second kappa shape index (κ2) is 7.05. The Morgan fingerprint density at radius 3 is 2.67 bits per heavy atom. The molecule has 1 aromatic carbocycles. The minimum atomic E-state index is -2.95. The molecule has 1 aliphatic carbocycles. The monoisotopic (exact) mass is 383 g/mol. The van der Waals surface area contributed by atoms with E-state index in [1.807, 2.05) is 20.8 Å². The van der Waals surface area contributed by atoms with Gasteiger partial charge in [0.1, 0.15) is 5.54 Å². The lowest BCUT2D eigenvalue weighted by atomic mass is 9.54. The average molecular weight is 383 g/mol. The average Bonchev–Trinajstić information content (AvgIpc) is 3.11. The number of halogens is 2. The van der Waals surface area contributed by atoms with Gasteiger partial charge in [0.15, 0.2) is 11.5 Å². The second-order valence-corrected chi connectivity index (χ2v) is 7.01. The van der Waals surface area contributed by atoms with E-state index in [0.717, 1.165) is 0 Å². The Bertz CT molecular complexity index is 812. The molecule has 1 aromatic heterocycles. The molecule has 0 aliphatic heterocycles. The molecule has 0 bridgehead atoms. The number of nitrogens with zero attached hydrogens (tertiary/aromatic N) is 2. The highest BCUT2D eigenvalue weighted by molar-refractivity contribution is 5.60. The Morgan fingerprint density at radius 2 is 2.07 bits per heavy atom. The SMILES string of the molecule is CCOC1CC(N)(c2nc(-c3ccc(OC(F)F)c(OC)c3)no2)C1(C)C. The molecule has 148 valence electrons. The van der Waals surface area contributed by atoms with E-state index in [9.17, 15) is 8.78 Å². The molecule has 3 rings (SSSR count). The predicted molar refractivity (Wildman–Crippen MR) is 92.6 cm³/mol. The van der Waals surface area contributed by atoms with Crippen LogP contribution in [0.25, 0.3) is 11.4 Å². The molecule has 1 aliphatic rings. The standard InChI is InChI=1S/C18H23F2N3O4/c1-5-25-13-9-18(21,17(13,2)3)15-22-14(23-27-15)10-6-7-11(26-16(19)20)12(8-10)24-4/h6-8,13,16H,5,9,21H2,1-4H3. The van der Waals surface area contributed by atoms with E-state index < -0.39 is 12.2 Å². The van der Waals surface area contributed by atoms with Gasteiger partial charge < -0.3 is 24.5 Å². The molecular formula is C18H23F2N3O4. The Kier molecular flexibility index (Phi) is 5.09. The maximum absolute atomic E-state index is 12.5. The van der Waals surface area contributed by atoms with Crippen molar-refractivity contribution in [2.24, 2.45) is 11.1 Å². The van der Waals surface area contributed by atoms with Crippen LogP contribution in [0.2, 0.25) is 0 Å². The third kappa shape index (κ3) is 3.25. The van der Waals surface area contributed by atoms with Crippen molar-refractivity contribution in [3.05, 3.63) is 24.1 Å². The van der Waals surface area contributed by atoms with Crippen LogP contribution >= 0.6 is 0 Å². The summed E-state index contributed by atoms with van der Waals surface area (Å²) < 4.78 is 45.6. The van der Waals surface area contributed by atoms with Gasteiger partial charge in [0, 0.05) is 24.0 Å². The molecule has 7 nitrogen and oxygen atoms in total. The van der Waals surface area contributed by atoms with Gasteiger partial charge >= 0.3 is 6.61 Å². The molecule has 0 radical (unpaired) electrons. The zero-order valence-electron chi connectivity index (χ0n) is 15.7. The van der Waals surface area contributed by atoms with E-state index in [4.69, 9.17) is 19.7 Å². The number of nitrogens with two attached hydrogens (primary N) is 1. The number of aromatic nitrogens is 2. The first-order valence-electron chi connectivity index (χ1n) is 8.60. The lowest BCUT2D eigenvalue weighted by Crippen LogP contribution is -2.67. The van der Waals surface area contributed by atoms with Gasteiger partial charge in [0.05, 0.1) is 13.2 Å². The Labute approximate surface area is 155 Å². The van der Waals surface area contributed by atoms with Crippen LogP contribution in [0.15, 0.2) is 22.7 Å². The van der Waals surface area contributed by atoms with Crippen molar-refractivity contribution in [3.8, 4) is 22.9 Å². The van der Waals surface area contributed by atoms with Gasteiger partial charge in [-0.25, -0.2) is 0 Å². The van der Waals surface area contributed by atoms with Crippen molar-refractivity contribution >= 4 is 0 Å². The molecule has 1 fully saturated rings. The van der Waals surface area contributed by atoms with Crippen LogP contribution < -0.4 is 15.2 Å². The molecule has 9 heteroatoms. The molecule has 2 unspecified atom stereocenters. The fourth-order valence-corrected chi connectivity index (χ4v) is 3.32. The summed E-state index contributed by atoms with van der Waals surface area (Å²) in [7, 11) is 1.36. The van der Waals surface area contributed by atoms with E-state index in [1.165, 1.54) is 19.2 Å². The summed E-state index contributed by atoms with van der Waals surface area (Å²) in [6.45, 7) is 3.59. The highest BCUT2D eigenvalue weighted by atomic mass is 19.3. The number of ether oxygens (including phenoxy) is 3. The van der Waals surface area contributed by atoms with Gasteiger partial charge in [-0.3, -0.25) is 0 Å². The molecule has 0 saturated heterocycles. The van der Waals surface area contributed by atoms with E-state index >= 15 is 0 Å². The Morgan fingerprint density at radius 1 is 1.33 bits per heavy atom. The highest BCUT2D eigenvalue weighted by Gasteiger charge is 2.62. The third-order valence-corrected chi connectivity index (χ3v) is 5.28. The van der Waals surface area contributed by atoms with Crippen molar-refractivity contribution in [2.45, 2.75) is 45.4 Å². The minimum absolute atomic E-state index is 0.00808. The van der Waals surface area contributed by atoms with Crippen LogP contribution in [-0.4, -0.2) is 36.6 Å². The van der Waals surface area contributed by atoms with Crippen LogP contribution in [0.1, 0.15) is 33.1 Å². The number of alkyl halides is 2. The van der Waals surface area contributed by atoms with Gasteiger partial charge in [-0.05, 0) is 25.1 Å². The molecule has 2 aromatic rings. The van der Waals surface area contributed by atoms with Gasteiger partial charge in [-0.15, -0.1) is 0 Å². The van der Waals surface area contributed by atoms with Gasteiger partial charge in [0.25, 0.3) is 0 Å². The van der Waals surface area contributed by atoms with Crippen molar-refractivity contribution in [2.75, 3.05) is 13.7 Å². The largest absolute Gasteiger partial charge is 0.493 e. The molecule has 0 spiro atoms. The number of hydrogen-bond acceptors (Lipinski definition) is 7.